The van der Waals surface area contributed by atoms with Gasteiger partial charge >= 0.3 is 0 Å². The molecule has 0 radical (unpaired) electrons. The highest BCUT2D eigenvalue weighted by atomic mass is 14.3. The van der Waals surface area contributed by atoms with Crippen LogP contribution in [0.2, 0.25) is 0 Å². The predicted octanol–water partition coefficient (Wildman–Crippen LogP) is 6.68. The number of benzene rings is 2. The summed E-state index contributed by atoms with van der Waals surface area (Å²) in [6, 6.07) is 9.16. The molecule has 0 aromatic heterocycles. The molecule has 0 aliphatic carbocycles. The van der Waals surface area contributed by atoms with E-state index in [2.05, 4.69) is 86.6 Å². The minimum Gasteiger partial charge on any atom is -0.0617 e. The van der Waals surface area contributed by atoms with E-state index in [1.807, 2.05) is 0 Å². The molecular formula is C23H32. The molecule has 0 amide bonds. The average Bonchev–Trinajstić information content (AvgIpc) is 2.47. The second-order valence-electron chi connectivity index (χ2n) is 7.92. The Bertz CT molecular complexity index is 730. The summed E-state index contributed by atoms with van der Waals surface area (Å²) in [4.78, 5) is 0. The largest absolute Gasteiger partial charge is 0.0617 e. The van der Waals surface area contributed by atoms with Crippen molar-refractivity contribution < 1.29 is 0 Å². The maximum absolute atomic E-state index is 2.46. The first kappa shape index (κ1) is 17.8. The maximum atomic E-state index is 2.46. The first-order valence-electron chi connectivity index (χ1n) is 8.76. The summed E-state index contributed by atoms with van der Waals surface area (Å²) >= 11 is 0. The third-order valence-corrected chi connectivity index (χ3v) is 5.84. The van der Waals surface area contributed by atoms with Crippen LogP contribution in [0.15, 0.2) is 24.3 Å². The fourth-order valence-corrected chi connectivity index (χ4v) is 3.89. The zero-order valence-electron chi connectivity index (χ0n) is 16.4. The highest BCUT2D eigenvalue weighted by Crippen LogP contribution is 2.39. The van der Waals surface area contributed by atoms with E-state index in [9.17, 15) is 0 Å². The minimum atomic E-state index is 0.0162. The third-order valence-electron chi connectivity index (χ3n) is 5.84. The Labute approximate surface area is 143 Å². The van der Waals surface area contributed by atoms with Gasteiger partial charge in [-0.25, -0.2) is 0 Å². The molecule has 124 valence electrons. The van der Waals surface area contributed by atoms with Crippen molar-refractivity contribution in [3.05, 3.63) is 68.8 Å². The second kappa shape index (κ2) is 6.15. The highest BCUT2D eigenvalue weighted by molar-refractivity contribution is 5.53. The van der Waals surface area contributed by atoms with Crippen LogP contribution in [0.3, 0.4) is 0 Å². The molecule has 0 saturated carbocycles. The molecule has 0 N–H and O–H groups in total. The van der Waals surface area contributed by atoms with Crippen molar-refractivity contribution in [3.8, 4) is 0 Å². The van der Waals surface area contributed by atoms with Crippen molar-refractivity contribution in [1.82, 2.24) is 0 Å². The lowest BCUT2D eigenvalue weighted by Crippen LogP contribution is -2.23. The van der Waals surface area contributed by atoms with Gasteiger partial charge in [0.05, 0.1) is 0 Å². The van der Waals surface area contributed by atoms with Crippen LogP contribution in [-0.4, -0.2) is 0 Å². The first-order valence-corrected chi connectivity index (χ1v) is 8.76. The molecule has 0 atom stereocenters. The van der Waals surface area contributed by atoms with E-state index >= 15 is 0 Å². The Morgan fingerprint density at radius 1 is 0.739 bits per heavy atom. The number of hydrogen-bond donors (Lipinski definition) is 0. The van der Waals surface area contributed by atoms with Crippen LogP contribution in [-0.2, 0) is 5.41 Å². The van der Waals surface area contributed by atoms with Crippen molar-refractivity contribution in [2.75, 3.05) is 0 Å². The molecule has 0 heterocycles. The SMILES string of the molecule is Cc1cccc(C(C)(C)c2cc(C(C)C)c(C)c(C)c2C)c1C. The van der Waals surface area contributed by atoms with Gasteiger partial charge in [-0.2, -0.15) is 0 Å². The van der Waals surface area contributed by atoms with E-state index < -0.39 is 0 Å². The molecule has 0 heteroatoms. The van der Waals surface area contributed by atoms with Gasteiger partial charge in [0.2, 0.25) is 0 Å². The Morgan fingerprint density at radius 2 is 1.35 bits per heavy atom. The standard InChI is InChI=1S/C23H32/c1-14(2)20-13-22(19(7)17(5)18(20)6)23(8,9)21-12-10-11-15(3)16(21)4/h10-14H,1-9H3. The van der Waals surface area contributed by atoms with E-state index in [1.165, 1.54) is 44.5 Å². The van der Waals surface area contributed by atoms with Gasteiger partial charge < -0.3 is 0 Å². The zero-order valence-corrected chi connectivity index (χ0v) is 16.4. The summed E-state index contributed by atoms with van der Waals surface area (Å²) in [6.07, 6.45) is 0. The maximum Gasteiger partial charge on any atom is 0.0152 e. The van der Waals surface area contributed by atoms with Gasteiger partial charge in [0, 0.05) is 5.41 Å². The summed E-state index contributed by atoms with van der Waals surface area (Å²) in [5.41, 5.74) is 11.6. The molecule has 0 fully saturated rings. The third kappa shape index (κ3) is 2.96. The van der Waals surface area contributed by atoms with Gasteiger partial charge in [-0.1, -0.05) is 52.0 Å². The van der Waals surface area contributed by atoms with Crippen molar-refractivity contribution in [1.29, 1.82) is 0 Å². The van der Waals surface area contributed by atoms with Gasteiger partial charge in [0.15, 0.2) is 0 Å². The van der Waals surface area contributed by atoms with E-state index in [0.717, 1.165) is 0 Å². The number of aryl methyl sites for hydroxylation is 1. The van der Waals surface area contributed by atoms with Crippen LogP contribution in [0.1, 0.15) is 78.1 Å². The fraction of sp³-hybridized carbons (Fsp3) is 0.478. The van der Waals surface area contributed by atoms with E-state index in [1.54, 1.807) is 0 Å². The molecule has 2 rings (SSSR count). The molecule has 0 aliphatic rings. The zero-order chi connectivity index (χ0) is 17.5. The average molecular weight is 309 g/mol. The van der Waals surface area contributed by atoms with Gasteiger partial charge in [0.1, 0.15) is 0 Å². The Kier molecular flexibility index (Phi) is 4.76. The highest BCUT2D eigenvalue weighted by Gasteiger charge is 2.28. The molecule has 23 heavy (non-hydrogen) atoms. The molecule has 0 nitrogen and oxygen atoms in total. The molecule has 0 bridgehead atoms. The Balaban J connectivity index is 2.76. The van der Waals surface area contributed by atoms with E-state index in [4.69, 9.17) is 0 Å². The summed E-state index contributed by atoms with van der Waals surface area (Å²) in [5.74, 6) is 0.558. The van der Waals surface area contributed by atoms with Crippen molar-refractivity contribution >= 4 is 0 Å². The summed E-state index contributed by atoms with van der Waals surface area (Å²) < 4.78 is 0. The summed E-state index contributed by atoms with van der Waals surface area (Å²) in [5, 5.41) is 0. The van der Waals surface area contributed by atoms with Crippen LogP contribution in [0, 0.1) is 34.6 Å². The summed E-state index contributed by atoms with van der Waals surface area (Å²) in [6.45, 7) is 20.6. The molecule has 2 aromatic carbocycles. The van der Waals surface area contributed by atoms with Crippen molar-refractivity contribution in [3.63, 3.8) is 0 Å². The fourth-order valence-electron chi connectivity index (χ4n) is 3.89. The number of hydrogen-bond acceptors (Lipinski definition) is 0. The minimum absolute atomic E-state index is 0.0162. The van der Waals surface area contributed by atoms with E-state index in [0.29, 0.717) is 5.92 Å². The molecule has 2 aromatic rings. The Morgan fingerprint density at radius 3 is 1.91 bits per heavy atom. The van der Waals surface area contributed by atoms with Crippen molar-refractivity contribution in [2.24, 2.45) is 0 Å². The smallest absolute Gasteiger partial charge is 0.0152 e. The second-order valence-corrected chi connectivity index (χ2v) is 7.92. The summed E-state index contributed by atoms with van der Waals surface area (Å²) in [7, 11) is 0. The number of rotatable bonds is 3. The first-order chi connectivity index (χ1) is 10.6. The normalized spacial score (nSPS) is 12.1. The van der Waals surface area contributed by atoms with Crippen molar-refractivity contribution in [2.45, 2.75) is 73.6 Å². The topological polar surface area (TPSA) is 0 Å². The lowest BCUT2D eigenvalue weighted by atomic mass is 9.71. The molecule has 0 spiro atoms. The molecular weight excluding hydrogens is 276 g/mol. The van der Waals surface area contributed by atoms with Gasteiger partial charge in [-0.15, -0.1) is 0 Å². The van der Waals surface area contributed by atoms with E-state index in [-0.39, 0.29) is 5.41 Å². The van der Waals surface area contributed by atoms with Gasteiger partial charge in [-0.3, -0.25) is 0 Å². The lowest BCUT2D eigenvalue weighted by molar-refractivity contribution is 0.626. The molecule has 0 unspecified atom stereocenters. The van der Waals surface area contributed by atoms with Crippen LogP contribution >= 0.6 is 0 Å². The lowest BCUT2D eigenvalue weighted by Gasteiger charge is -2.32. The van der Waals surface area contributed by atoms with Crippen LogP contribution in [0.4, 0.5) is 0 Å². The molecule has 0 aliphatic heterocycles. The van der Waals surface area contributed by atoms with Crippen LogP contribution < -0.4 is 0 Å². The van der Waals surface area contributed by atoms with Gasteiger partial charge in [-0.05, 0) is 85.0 Å². The predicted molar refractivity (Wildman–Crippen MR) is 103 cm³/mol. The quantitative estimate of drug-likeness (QED) is 0.593. The Hall–Kier alpha value is -1.56. The van der Waals surface area contributed by atoms with Crippen LogP contribution in [0.5, 0.6) is 0 Å². The molecule has 0 saturated heterocycles. The monoisotopic (exact) mass is 308 g/mol. The van der Waals surface area contributed by atoms with Crippen LogP contribution in [0.25, 0.3) is 0 Å². The van der Waals surface area contributed by atoms with Gasteiger partial charge in [0.25, 0.3) is 0 Å².